The molecule has 1 N–H and O–H groups in total. The number of rotatable bonds is 2. The maximum absolute atomic E-state index is 11.7. The van der Waals surface area contributed by atoms with Crippen LogP contribution < -0.4 is 10.9 Å². The average Bonchev–Trinajstić information content (AvgIpc) is 2.74. The first-order valence-corrected chi connectivity index (χ1v) is 5.11. The molecule has 1 aromatic rings. The third-order valence-corrected chi connectivity index (χ3v) is 2.76. The van der Waals surface area contributed by atoms with Crippen LogP contribution in [0.15, 0.2) is 23.1 Å². The van der Waals surface area contributed by atoms with E-state index in [4.69, 9.17) is 5.26 Å². The van der Waals surface area contributed by atoms with Crippen molar-refractivity contribution in [3.8, 4) is 6.07 Å². The van der Waals surface area contributed by atoms with E-state index in [0.29, 0.717) is 12.5 Å². The number of hydrogen-bond acceptors (Lipinski definition) is 3. The molecule has 78 valence electrons. The highest BCUT2D eigenvalue weighted by atomic mass is 16.1. The zero-order valence-electron chi connectivity index (χ0n) is 8.44. The maximum Gasteiger partial charge on any atom is 0.268 e. The lowest BCUT2D eigenvalue weighted by Crippen LogP contribution is -2.26. The second kappa shape index (κ2) is 4.28. The van der Waals surface area contributed by atoms with Gasteiger partial charge in [-0.2, -0.15) is 5.26 Å². The highest BCUT2D eigenvalue weighted by Gasteiger charge is 2.15. The van der Waals surface area contributed by atoms with E-state index in [1.807, 2.05) is 6.07 Å². The van der Waals surface area contributed by atoms with Crippen LogP contribution in [-0.4, -0.2) is 17.7 Å². The molecule has 0 saturated carbocycles. The van der Waals surface area contributed by atoms with Crippen LogP contribution in [0.25, 0.3) is 0 Å². The number of nitrogens with zero attached hydrogens (tertiary/aromatic N) is 2. The second-order valence-corrected chi connectivity index (χ2v) is 3.85. The molecule has 15 heavy (non-hydrogen) atoms. The molecule has 0 bridgehead atoms. The Labute approximate surface area is 88.1 Å². The van der Waals surface area contributed by atoms with Gasteiger partial charge in [0.15, 0.2) is 0 Å². The third-order valence-electron chi connectivity index (χ3n) is 2.76. The number of nitriles is 1. The van der Waals surface area contributed by atoms with Crippen molar-refractivity contribution in [2.75, 3.05) is 13.1 Å². The zero-order valence-corrected chi connectivity index (χ0v) is 8.44. The fourth-order valence-corrected chi connectivity index (χ4v) is 1.91. The fourth-order valence-electron chi connectivity index (χ4n) is 1.91. The minimum absolute atomic E-state index is 0.174. The van der Waals surface area contributed by atoms with Crippen molar-refractivity contribution in [2.24, 2.45) is 5.92 Å². The summed E-state index contributed by atoms with van der Waals surface area (Å²) in [6.45, 7) is 2.70. The van der Waals surface area contributed by atoms with Crippen LogP contribution in [0.5, 0.6) is 0 Å². The molecule has 2 rings (SSSR count). The summed E-state index contributed by atoms with van der Waals surface area (Å²) in [5.41, 5.74) is 0.0513. The van der Waals surface area contributed by atoms with Gasteiger partial charge < -0.3 is 9.88 Å². The minimum Gasteiger partial charge on any atom is -0.316 e. The predicted octanol–water partition coefficient (Wildman–Crippen LogP) is 0.329. The van der Waals surface area contributed by atoms with Crippen molar-refractivity contribution in [2.45, 2.75) is 13.0 Å². The zero-order chi connectivity index (χ0) is 10.7. The summed E-state index contributed by atoms with van der Waals surface area (Å²) >= 11 is 0. The van der Waals surface area contributed by atoms with Gasteiger partial charge in [0.1, 0.15) is 11.6 Å². The lowest BCUT2D eigenvalue weighted by Gasteiger charge is -2.10. The SMILES string of the molecule is N#Cc1cccn(CC2CCNC2)c1=O. The smallest absolute Gasteiger partial charge is 0.268 e. The molecule has 1 saturated heterocycles. The Kier molecular flexibility index (Phi) is 2.84. The van der Waals surface area contributed by atoms with Gasteiger partial charge in [-0.3, -0.25) is 4.79 Å². The number of nitrogens with one attached hydrogen (secondary N) is 1. The molecule has 0 aromatic carbocycles. The van der Waals surface area contributed by atoms with Crippen molar-refractivity contribution < 1.29 is 0 Å². The van der Waals surface area contributed by atoms with Crippen molar-refractivity contribution in [3.05, 3.63) is 34.2 Å². The summed E-state index contributed by atoms with van der Waals surface area (Å²) in [5, 5.41) is 12.0. The molecule has 1 aromatic heterocycles. The van der Waals surface area contributed by atoms with E-state index in [1.165, 1.54) is 0 Å². The Morgan fingerprint density at radius 3 is 3.20 bits per heavy atom. The summed E-state index contributed by atoms with van der Waals surface area (Å²) in [5.74, 6) is 0.511. The van der Waals surface area contributed by atoms with Gasteiger partial charge in [0.05, 0.1) is 0 Å². The van der Waals surface area contributed by atoms with E-state index in [2.05, 4.69) is 5.32 Å². The van der Waals surface area contributed by atoms with E-state index < -0.39 is 0 Å². The highest BCUT2D eigenvalue weighted by Crippen LogP contribution is 2.09. The lowest BCUT2D eigenvalue weighted by atomic mass is 10.1. The highest BCUT2D eigenvalue weighted by molar-refractivity contribution is 5.24. The van der Waals surface area contributed by atoms with Gasteiger partial charge in [-0.25, -0.2) is 0 Å². The molecule has 0 amide bonds. The van der Waals surface area contributed by atoms with Gasteiger partial charge in [-0.15, -0.1) is 0 Å². The third kappa shape index (κ3) is 2.08. The van der Waals surface area contributed by atoms with E-state index in [0.717, 1.165) is 19.5 Å². The van der Waals surface area contributed by atoms with Gasteiger partial charge in [0.2, 0.25) is 0 Å². The molecule has 1 aliphatic heterocycles. The normalized spacial score (nSPS) is 20.1. The molecule has 1 aliphatic rings. The van der Waals surface area contributed by atoms with Crippen LogP contribution in [0.2, 0.25) is 0 Å². The van der Waals surface area contributed by atoms with Gasteiger partial charge in [0, 0.05) is 12.7 Å². The molecule has 0 radical (unpaired) electrons. The van der Waals surface area contributed by atoms with Gasteiger partial charge in [-0.1, -0.05) is 0 Å². The van der Waals surface area contributed by atoms with Gasteiger partial charge in [-0.05, 0) is 37.6 Å². The molecule has 4 heteroatoms. The molecule has 4 nitrogen and oxygen atoms in total. The molecular weight excluding hydrogens is 190 g/mol. The first-order valence-electron chi connectivity index (χ1n) is 5.11. The number of pyridine rings is 1. The monoisotopic (exact) mass is 203 g/mol. The average molecular weight is 203 g/mol. The van der Waals surface area contributed by atoms with Gasteiger partial charge >= 0.3 is 0 Å². The lowest BCUT2D eigenvalue weighted by molar-refractivity contribution is 0.471. The molecule has 0 spiro atoms. The van der Waals surface area contributed by atoms with Crippen molar-refractivity contribution in [1.82, 2.24) is 9.88 Å². The molecule has 0 aliphatic carbocycles. The fraction of sp³-hybridized carbons (Fsp3) is 0.455. The summed E-state index contributed by atoms with van der Waals surface area (Å²) in [6.07, 6.45) is 2.85. The molecule has 1 unspecified atom stereocenters. The van der Waals surface area contributed by atoms with Crippen LogP contribution in [0.4, 0.5) is 0 Å². The number of hydrogen-bond donors (Lipinski definition) is 1. The summed E-state index contributed by atoms with van der Waals surface area (Å²) in [4.78, 5) is 11.7. The Balaban J connectivity index is 2.21. The summed E-state index contributed by atoms with van der Waals surface area (Å²) < 4.78 is 1.64. The van der Waals surface area contributed by atoms with E-state index in [1.54, 1.807) is 22.9 Å². The van der Waals surface area contributed by atoms with E-state index in [-0.39, 0.29) is 11.1 Å². The van der Waals surface area contributed by atoms with E-state index in [9.17, 15) is 4.79 Å². The van der Waals surface area contributed by atoms with Crippen LogP contribution in [0.1, 0.15) is 12.0 Å². The quantitative estimate of drug-likeness (QED) is 0.753. The first-order chi connectivity index (χ1) is 7.31. The van der Waals surface area contributed by atoms with E-state index >= 15 is 0 Å². The molecule has 2 heterocycles. The summed E-state index contributed by atoms with van der Waals surface area (Å²) in [7, 11) is 0. The van der Waals surface area contributed by atoms with Crippen LogP contribution in [0, 0.1) is 17.2 Å². The first kappa shape index (κ1) is 9.94. The molecule has 1 atom stereocenters. The molecule has 1 fully saturated rings. The standard InChI is InChI=1S/C11H13N3O/c12-6-10-2-1-5-14(11(10)15)8-9-3-4-13-7-9/h1-2,5,9,13H,3-4,7-8H2. The van der Waals surface area contributed by atoms with Crippen molar-refractivity contribution >= 4 is 0 Å². The Morgan fingerprint density at radius 1 is 1.67 bits per heavy atom. The minimum atomic E-state index is -0.174. The Morgan fingerprint density at radius 2 is 2.53 bits per heavy atom. The molecular formula is C11H13N3O. The number of aromatic nitrogens is 1. The largest absolute Gasteiger partial charge is 0.316 e. The summed E-state index contributed by atoms with van der Waals surface area (Å²) in [6, 6.07) is 5.23. The van der Waals surface area contributed by atoms with Crippen molar-refractivity contribution in [3.63, 3.8) is 0 Å². The van der Waals surface area contributed by atoms with Crippen LogP contribution in [-0.2, 0) is 6.54 Å². The van der Waals surface area contributed by atoms with Crippen LogP contribution >= 0.6 is 0 Å². The second-order valence-electron chi connectivity index (χ2n) is 3.85. The Hall–Kier alpha value is -1.60. The maximum atomic E-state index is 11.7. The van der Waals surface area contributed by atoms with Crippen molar-refractivity contribution in [1.29, 1.82) is 5.26 Å². The van der Waals surface area contributed by atoms with Gasteiger partial charge in [0.25, 0.3) is 5.56 Å². The predicted molar refractivity (Wildman–Crippen MR) is 56.4 cm³/mol. The Bertz CT molecular complexity index is 438. The van der Waals surface area contributed by atoms with Crippen LogP contribution in [0.3, 0.4) is 0 Å². The topological polar surface area (TPSA) is 57.8 Å².